The molecule has 21 heavy (non-hydrogen) atoms. The number of hydrogen-bond donors (Lipinski definition) is 0. The Hall–Kier alpha value is -1.60. The molecule has 0 aliphatic carbocycles. The molecule has 0 aromatic heterocycles. The van der Waals surface area contributed by atoms with Crippen molar-refractivity contribution in [2.75, 3.05) is 7.11 Å². The van der Waals surface area contributed by atoms with E-state index in [9.17, 15) is 10.1 Å². The molecule has 0 saturated carbocycles. The Balaban J connectivity index is 2.35. The molecule has 0 spiro atoms. The summed E-state index contributed by atoms with van der Waals surface area (Å²) in [6.07, 6.45) is 0. The molecule has 2 rings (SSSR count). The van der Waals surface area contributed by atoms with Crippen LogP contribution < -0.4 is 9.47 Å². The van der Waals surface area contributed by atoms with Gasteiger partial charge in [0, 0.05) is 9.80 Å². The number of benzene rings is 2. The molecule has 0 N–H and O–H groups in total. The minimum Gasteiger partial charge on any atom is -0.496 e. The van der Waals surface area contributed by atoms with E-state index in [0.717, 1.165) is 10.0 Å². The van der Waals surface area contributed by atoms with Gasteiger partial charge in [-0.1, -0.05) is 37.9 Å². The van der Waals surface area contributed by atoms with Crippen LogP contribution in [-0.4, -0.2) is 12.0 Å². The van der Waals surface area contributed by atoms with Crippen LogP contribution in [0.1, 0.15) is 5.56 Å². The monoisotopic (exact) mass is 415 g/mol. The van der Waals surface area contributed by atoms with E-state index in [1.807, 2.05) is 6.07 Å². The first-order valence-electron chi connectivity index (χ1n) is 5.90. The van der Waals surface area contributed by atoms with E-state index in [2.05, 4.69) is 31.9 Å². The average Bonchev–Trinajstić information content (AvgIpc) is 2.47. The normalized spacial score (nSPS) is 10.2. The molecule has 2 aromatic rings. The van der Waals surface area contributed by atoms with Crippen LogP contribution in [0.5, 0.6) is 17.2 Å². The molecule has 110 valence electrons. The minimum absolute atomic E-state index is 0.143. The van der Waals surface area contributed by atoms with Crippen LogP contribution in [0.15, 0.2) is 40.9 Å². The summed E-state index contributed by atoms with van der Waals surface area (Å²) < 4.78 is 11.5. The van der Waals surface area contributed by atoms with Crippen molar-refractivity contribution in [3.8, 4) is 17.2 Å². The fraction of sp³-hybridized carbons (Fsp3) is 0.143. The summed E-state index contributed by atoms with van der Waals surface area (Å²) >= 11 is 6.80. The fourth-order valence-electron chi connectivity index (χ4n) is 1.68. The maximum atomic E-state index is 11.1. The summed E-state index contributed by atoms with van der Waals surface area (Å²) in [7, 11) is 1.45. The minimum atomic E-state index is -0.500. The fourth-order valence-corrected chi connectivity index (χ4v) is 3.04. The molecule has 0 bridgehead atoms. The second-order valence-electron chi connectivity index (χ2n) is 4.08. The van der Waals surface area contributed by atoms with E-state index >= 15 is 0 Å². The molecule has 0 aliphatic rings. The van der Waals surface area contributed by atoms with Crippen molar-refractivity contribution in [1.29, 1.82) is 0 Å². The summed E-state index contributed by atoms with van der Waals surface area (Å²) in [5.74, 6) is 1.09. The number of nitrogens with zero attached hydrogens (tertiary/aromatic N) is 1. The smallest absolute Gasteiger partial charge is 0.315 e. The number of alkyl halides is 1. The van der Waals surface area contributed by atoms with Gasteiger partial charge >= 0.3 is 5.69 Å². The molecule has 0 aliphatic heterocycles. The molecule has 0 saturated heterocycles. The van der Waals surface area contributed by atoms with Crippen LogP contribution in [0.4, 0.5) is 5.69 Å². The van der Waals surface area contributed by atoms with Gasteiger partial charge in [-0.25, -0.2) is 0 Å². The molecule has 0 amide bonds. The van der Waals surface area contributed by atoms with Crippen molar-refractivity contribution in [3.05, 3.63) is 56.5 Å². The van der Waals surface area contributed by atoms with Gasteiger partial charge in [0.05, 0.1) is 18.1 Å². The van der Waals surface area contributed by atoms with Crippen LogP contribution >= 0.6 is 31.9 Å². The number of rotatable bonds is 5. The predicted molar refractivity (Wildman–Crippen MR) is 86.5 cm³/mol. The standard InChI is InChI=1S/C14H11Br2NO4/c1-20-10-4-5-14(13(7-10)17(18)19)21-11-3-2-9(8-15)12(16)6-11/h2-7H,8H2,1H3. The number of methoxy groups -OCH3 is 1. The maximum Gasteiger partial charge on any atom is 0.315 e. The second kappa shape index (κ2) is 6.91. The van der Waals surface area contributed by atoms with Crippen molar-refractivity contribution < 1.29 is 14.4 Å². The molecule has 0 radical (unpaired) electrons. The van der Waals surface area contributed by atoms with Gasteiger partial charge in [0.25, 0.3) is 0 Å². The molecule has 0 heterocycles. The third-order valence-electron chi connectivity index (χ3n) is 2.76. The predicted octanol–water partition coefficient (Wildman–Crippen LogP) is 5.05. The van der Waals surface area contributed by atoms with Gasteiger partial charge in [-0.2, -0.15) is 0 Å². The topological polar surface area (TPSA) is 61.6 Å². The molecule has 0 unspecified atom stereocenters. The molecule has 7 heteroatoms. The summed E-state index contributed by atoms with van der Waals surface area (Å²) in [6, 6.07) is 9.87. The summed E-state index contributed by atoms with van der Waals surface area (Å²) in [5, 5.41) is 11.8. The van der Waals surface area contributed by atoms with E-state index in [-0.39, 0.29) is 11.4 Å². The number of nitro groups is 1. The summed E-state index contributed by atoms with van der Waals surface area (Å²) in [4.78, 5) is 10.6. The molecule has 0 atom stereocenters. The largest absolute Gasteiger partial charge is 0.496 e. The highest BCUT2D eigenvalue weighted by Crippen LogP contribution is 2.35. The first kappa shape index (κ1) is 15.8. The SMILES string of the molecule is COc1ccc(Oc2ccc(CBr)c(Br)c2)c([N+](=O)[O-])c1. The first-order chi connectivity index (χ1) is 10.0. The summed E-state index contributed by atoms with van der Waals surface area (Å²) in [5.41, 5.74) is 0.918. The Labute approximate surface area is 138 Å². The lowest BCUT2D eigenvalue weighted by Gasteiger charge is -2.09. The molecule has 2 aromatic carbocycles. The number of ether oxygens (including phenoxy) is 2. The van der Waals surface area contributed by atoms with Gasteiger partial charge < -0.3 is 9.47 Å². The first-order valence-corrected chi connectivity index (χ1v) is 7.81. The van der Waals surface area contributed by atoms with Crippen molar-refractivity contribution in [2.45, 2.75) is 5.33 Å². The van der Waals surface area contributed by atoms with Gasteiger partial charge in [0.15, 0.2) is 0 Å². The Morgan fingerprint density at radius 1 is 1.19 bits per heavy atom. The maximum absolute atomic E-state index is 11.1. The third-order valence-corrected chi connectivity index (χ3v) is 4.10. The Morgan fingerprint density at radius 2 is 1.90 bits per heavy atom. The highest BCUT2D eigenvalue weighted by molar-refractivity contribution is 9.10. The van der Waals surface area contributed by atoms with Crippen LogP contribution in [0.2, 0.25) is 0 Å². The second-order valence-corrected chi connectivity index (χ2v) is 5.49. The number of hydrogen-bond acceptors (Lipinski definition) is 4. The van der Waals surface area contributed by atoms with Crippen LogP contribution in [0.25, 0.3) is 0 Å². The number of halogens is 2. The zero-order valence-corrected chi connectivity index (χ0v) is 14.2. The quantitative estimate of drug-likeness (QED) is 0.388. The Bertz CT molecular complexity index is 676. The van der Waals surface area contributed by atoms with Crippen molar-refractivity contribution >= 4 is 37.5 Å². The lowest BCUT2D eigenvalue weighted by Crippen LogP contribution is -1.95. The molecule has 5 nitrogen and oxygen atoms in total. The lowest BCUT2D eigenvalue weighted by molar-refractivity contribution is -0.385. The Morgan fingerprint density at radius 3 is 2.48 bits per heavy atom. The van der Waals surface area contributed by atoms with Crippen molar-refractivity contribution in [1.82, 2.24) is 0 Å². The molecule has 0 fully saturated rings. The highest BCUT2D eigenvalue weighted by atomic mass is 79.9. The van der Waals surface area contributed by atoms with Gasteiger partial charge in [0.1, 0.15) is 11.5 Å². The van der Waals surface area contributed by atoms with Crippen molar-refractivity contribution in [3.63, 3.8) is 0 Å². The highest BCUT2D eigenvalue weighted by Gasteiger charge is 2.17. The van der Waals surface area contributed by atoms with Crippen LogP contribution in [0.3, 0.4) is 0 Å². The van der Waals surface area contributed by atoms with Crippen LogP contribution in [-0.2, 0) is 5.33 Å². The Kier molecular flexibility index (Phi) is 5.19. The van der Waals surface area contributed by atoms with Gasteiger partial charge in [-0.15, -0.1) is 0 Å². The van der Waals surface area contributed by atoms with E-state index in [4.69, 9.17) is 9.47 Å². The number of nitro benzene ring substituents is 1. The van der Waals surface area contributed by atoms with E-state index < -0.39 is 4.92 Å². The zero-order valence-electron chi connectivity index (χ0n) is 11.0. The van der Waals surface area contributed by atoms with Gasteiger partial charge in [-0.05, 0) is 29.8 Å². The third kappa shape index (κ3) is 3.74. The van der Waals surface area contributed by atoms with Crippen LogP contribution in [0, 0.1) is 10.1 Å². The molecular formula is C14H11Br2NO4. The van der Waals surface area contributed by atoms with Crippen molar-refractivity contribution in [2.24, 2.45) is 0 Å². The van der Waals surface area contributed by atoms with E-state index in [1.165, 1.54) is 19.2 Å². The van der Waals surface area contributed by atoms with Gasteiger partial charge in [-0.3, -0.25) is 10.1 Å². The zero-order chi connectivity index (χ0) is 15.4. The lowest BCUT2D eigenvalue weighted by atomic mass is 10.2. The van der Waals surface area contributed by atoms with E-state index in [0.29, 0.717) is 16.8 Å². The average molecular weight is 417 g/mol. The molecular weight excluding hydrogens is 406 g/mol. The summed E-state index contributed by atoms with van der Waals surface area (Å²) in [6.45, 7) is 0. The van der Waals surface area contributed by atoms with E-state index in [1.54, 1.807) is 18.2 Å². The van der Waals surface area contributed by atoms with Gasteiger partial charge in [0.2, 0.25) is 5.75 Å².